The molecule has 8 heteroatoms. The Balaban J connectivity index is 1.63. The van der Waals surface area contributed by atoms with E-state index in [1.54, 1.807) is 72.8 Å². The molecule has 1 amide bonds. The number of anilines is 2. The van der Waals surface area contributed by atoms with Crippen molar-refractivity contribution in [3.63, 3.8) is 0 Å². The highest BCUT2D eigenvalue weighted by molar-refractivity contribution is 7.54. The minimum Gasteiger partial charge on any atom is -0.444 e. The molecular weight excluding hydrogens is 463 g/mol. The molecule has 0 atom stereocenters. The summed E-state index contributed by atoms with van der Waals surface area (Å²) in [6.07, 6.45) is -1.10. The summed E-state index contributed by atoms with van der Waals surface area (Å²) in [6, 6.07) is 33.2. The van der Waals surface area contributed by atoms with Crippen LogP contribution in [0.1, 0.15) is 5.56 Å². The van der Waals surface area contributed by atoms with Crippen molar-refractivity contribution in [2.24, 2.45) is 0 Å². The average molecular weight is 488 g/mol. The first-order valence-corrected chi connectivity index (χ1v) is 12.7. The predicted octanol–water partition coefficient (Wildman–Crippen LogP) is 6.72. The molecule has 0 saturated heterocycles. The van der Waals surface area contributed by atoms with E-state index in [0.29, 0.717) is 22.9 Å². The summed E-state index contributed by atoms with van der Waals surface area (Å²) in [7, 11) is -3.95. The molecule has 0 fully saturated rings. The SMILES string of the molecule is Nc1ccc(N(CP(=O)(Oc2ccccc2)Oc2ccccc2)C(=O)OCc2ccccc2)cc1. The summed E-state index contributed by atoms with van der Waals surface area (Å²) in [5, 5.41) is 0. The predicted molar refractivity (Wildman–Crippen MR) is 137 cm³/mol. The van der Waals surface area contributed by atoms with Crippen LogP contribution in [0.2, 0.25) is 0 Å². The molecule has 178 valence electrons. The van der Waals surface area contributed by atoms with E-state index in [4.69, 9.17) is 19.5 Å². The van der Waals surface area contributed by atoms with E-state index in [1.807, 2.05) is 42.5 Å². The highest BCUT2D eigenvalue weighted by Gasteiger charge is 2.35. The Kier molecular flexibility index (Phi) is 7.70. The summed E-state index contributed by atoms with van der Waals surface area (Å²) >= 11 is 0. The molecule has 0 radical (unpaired) electrons. The fourth-order valence-electron chi connectivity index (χ4n) is 3.23. The molecule has 2 N–H and O–H groups in total. The fourth-order valence-corrected chi connectivity index (χ4v) is 4.89. The van der Waals surface area contributed by atoms with Crippen LogP contribution in [0.15, 0.2) is 115 Å². The molecule has 0 aliphatic carbocycles. The van der Waals surface area contributed by atoms with Crippen molar-refractivity contribution in [2.75, 3.05) is 16.9 Å². The van der Waals surface area contributed by atoms with Crippen LogP contribution in [-0.4, -0.2) is 12.4 Å². The van der Waals surface area contributed by atoms with E-state index in [9.17, 15) is 9.36 Å². The lowest BCUT2D eigenvalue weighted by molar-refractivity contribution is 0.147. The Bertz CT molecular complexity index is 1220. The number of carbonyl (C=O) groups is 1. The van der Waals surface area contributed by atoms with Crippen molar-refractivity contribution in [1.29, 1.82) is 0 Å². The first kappa shape index (κ1) is 23.9. The molecule has 0 unspecified atom stereocenters. The van der Waals surface area contributed by atoms with Crippen LogP contribution in [0.4, 0.5) is 16.2 Å². The first-order chi connectivity index (χ1) is 17.0. The minimum atomic E-state index is -3.95. The van der Waals surface area contributed by atoms with Crippen LogP contribution < -0.4 is 19.7 Å². The Morgan fingerprint density at radius 3 is 1.71 bits per heavy atom. The number of amides is 1. The topological polar surface area (TPSA) is 91.1 Å². The Labute approximate surface area is 204 Å². The van der Waals surface area contributed by atoms with E-state index in [-0.39, 0.29) is 6.61 Å². The summed E-state index contributed by atoms with van der Waals surface area (Å²) < 4.78 is 31.3. The largest absolute Gasteiger partial charge is 0.450 e. The summed E-state index contributed by atoms with van der Waals surface area (Å²) in [6.45, 7) is 0.0501. The molecule has 4 rings (SSSR count). The van der Waals surface area contributed by atoms with Crippen molar-refractivity contribution in [3.8, 4) is 11.5 Å². The third-order valence-corrected chi connectivity index (χ3v) is 6.53. The lowest BCUT2D eigenvalue weighted by atomic mass is 10.2. The third-order valence-electron chi connectivity index (χ3n) is 4.92. The van der Waals surface area contributed by atoms with Gasteiger partial charge in [0.05, 0.1) is 0 Å². The normalized spacial score (nSPS) is 10.9. The maximum atomic E-state index is 14.1. The molecular formula is C27H25N2O5P. The molecule has 0 aromatic heterocycles. The molecule has 0 aliphatic heterocycles. The lowest BCUT2D eigenvalue weighted by Crippen LogP contribution is -2.34. The first-order valence-electron chi connectivity index (χ1n) is 10.9. The van der Waals surface area contributed by atoms with Crippen LogP contribution in [0.3, 0.4) is 0 Å². The van der Waals surface area contributed by atoms with Crippen LogP contribution in [-0.2, 0) is 15.9 Å². The van der Waals surface area contributed by atoms with Crippen LogP contribution in [0.25, 0.3) is 0 Å². The highest BCUT2D eigenvalue weighted by atomic mass is 31.2. The number of carbonyl (C=O) groups excluding carboxylic acids is 1. The maximum Gasteiger partial charge on any atom is 0.450 e. The molecule has 35 heavy (non-hydrogen) atoms. The number of nitrogens with zero attached hydrogens (tertiary/aromatic N) is 1. The van der Waals surface area contributed by atoms with E-state index >= 15 is 0 Å². The number of hydrogen-bond donors (Lipinski definition) is 1. The highest BCUT2D eigenvalue weighted by Crippen LogP contribution is 2.49. The van der Waals surface area contributed by atoms with E-state index in [2.05, 4.69) is 0 Å². The van der Waals surface area contributed by atoms with Crippen LogP contribution in [0.5, 0.6) is 11.5 Å². The molecule has 0 saturated carbocycles. The molecule has 7 nitrogen and oxygen atoms in total. The molecule has 4 aromatic rings. The van der Waals surface area contributed by atoms with E-state index in [1.165, 1.54) is 4.90 Å². The van der Waals surface area contributed by atoms with Gasteiger partial charge in [0.25, 0.3) is 0 Å². The van der Waals surface area contributed by atoms with Gasteiger partial charge >= 0.3 is 13.7 Å². The smallest absolute Gasteiger partial charge is 0.444 e. The van der Waals surface area contributed by atoms with Crippen molar-refractivity contribution in [1.82, 2.24) is 0 Å². The standard InChI is InChI=1S/C27H25N2O5P/c28-23-16-18-24(19-17-23)29(27(30)32-20-22-10-4-1-5-11-22)21-35(31,33-25-12-6-2-7-13-25)34-26-14-8-3-9-15-26/h1-19H,20-21,28H2. The number of para-hydroxylation sites is 2. The lowest BCUT2D eigenvalue weighted by Gasteiger charge is -2.27. The summed E-state index contributed by atoms with van der Waals surface area (Å²) in [5.74, 6) is 0.698. The second-order valence-electron chi connectivity index (χ2n) is 7.62. The average Bonchev–Trinajstić information content (AvgIpc) is 2.88. The second kappa shape index (κ2) is 11.3. The molecule has 4 aromatic carbocycles. The van der Waals surface area contributed by atoms with Gasteiger partial charge < -0.3 is 19.5 Å². The van der Waals surface area contributed by atoms with Gasteiger partial charge in [-0.3, -0.25) is 4.90 Å². The zero-order valence-corrected chi connectivity index (χ0v) is 19.8. The summed E-state index contributed by atoms with van der Waals surface area (Å²) in [5.41, 5.74) is 7.61. The van der Waals surface area contributed by atoms with E-state index < -0.39 is 20.0 Å². The van der Waals surface area contributed by atoms with Crippen molar-refractivity contribution in [3.05, 3.63) is 121 Å². The third kappa shape index (κ3) is 6.88. The van der Waals surface area contributed by atoms with Gasteiger partial charge in [-0.05, 0) is 54.1 Å². The molecule has 0 bridgehead atoms. The van der Waals surface area contributed by atoms with Crippen LogP contribution >= 0.6 is 7.60 Å². The van der Waals surface area contributed by atoms with E-state index in [0.717, 1.165) is 5.56 Å². The minimum absolute atomic E-state index is 0.0501. The Hall–Kier alpha value is -4.22. The number of rotatable bonds is 9. The van der Waals surface area contributed by atoms with Crippen molar-refractivity contribution < 1.29 is 23.1 Å². The number of ether oxygens (including phenoxy) is 1. The van der Waals surface area contributed by atoms with Gasteiger partial charge in [-0.25, -0.2) is 9.36 Å². The van der Waals surface area contributed by atoms with Gasteiger partial charge in [0.15, 0.2) is 6.29 Å². The fraction of sp³-hybridized carbons (Fsp3) is 0.0741. The quantitative estimate of drug-likeness (QED) is 0.208. The van der Waals surface area contributed by atoms with Crippen LogP contribution in [0, 0.1) is 0 Å². The zero-order valence-electron chi connectivity index (χ0n) is 18.9. The number of nitrogen functional groups attached to an aromatic ring is 1. The number of benzene rings is 4. The Morgan fingerprint density at radius 1 is 0.714 bits per heavy atom. The zero-order chi connectivity index (χ0) is 24.5. The monoisotopic (exact) mass is 488 g/mol. The van der Waals surface area contributed by atoms with Gasteiger partial charge in [0, 0.05) is 11.4 Å². The molecule has 0 heterocycles. The summed E-state index contributed by atoms with van der Waals surface area (Å²) in [4.78, 5) is 14.5. The maximum absolute atomic E-state index is 14.1. The Morgan fingerprint density at radius 2 is 1.20 bits per heavy atom. The molecule has 0 aliphatic rings. The molecule has 0 spiro atoms. The second-order valence-corrected chi connectivity index (χ2v) is 9.49. The van der Waals surface area contributed by atoms with Gasteiger partial charge in [0.2, 0.25) is 0 Å². The van der Waals surface area contributed by atoms with Gasteiger partial charge in [-0.15, -0.1) is 0 Å². The number of hydrogen-bond acceptors (Lipinski definition) is 6. The van der Waals surface area contributed by atoms with Crippen molar-refractivity contribution >= 4 is 25.1 Å². The van der Waals surface area contributed by atoms with Gasteiger partial charge in [-0.1, -0.05) is 66.7 Å². The van der Waals surface area contributed by atoms with Gasteiger partial charge in [-0.2, -0.15) is 0 Å². The van der Waals surface area contributed by atoms with Crippen molar-refractivity contribution in [2.45, 2.75) is 6.61 Å². The van der Waals surface area contributed by atoms with Gasteiger partial charge in [0.1, 0.15) is 18.1 Å². The number of nitrogens with two attached hydrogens (primary N) is 1.